The Morgan fingerprint density at radius 3 is 3.15 bits per heavy atom. The van der Waals surface area contributed by atoms with Crippen LogP contribution in [0.3, 0.4) is 0 Å². The first-order chi connectivity index (χ1) is 6.26. The molecule has 1 aromatic rings. The zero-order chi connectivity index (χ0) is 9.31. The van der Waals surface area contributed by atoms with E-state index in [0.29, 0.717) is 6.54 Å². The first-order valence-electron chi connectivity index (χ1n) is 4.53. The fourth-order valence-corrected chi connectivity index (χ4v) is 1.80. The molecule has 1 aliphatic rings. The van der Waals surface area contributed by atoms with Gasteiger partial charge in [0.15, 0.2) is 12.2 Å². The Morgan fingerprint density at radius 2 is 2.54 bits per heavy atom. The summed E-state index contributed by atoms with van der Waals surface area (Å²) in [5, 5.41) is 0. The van der Waals surface area contributed by atoms with E-state index < -0.39 is 0 Å². The molecule has 72 valence electrons. The van der Waals surface area contributed by atoms with Crippen LogP contribution < -0.4 is 5.73 Å². The largest absolute Gasteiger partial charge is 0.445 e. The lowest BCUT2D eigenvalue weighted by molar-refractivity contribution is -0.00173. The van der Waals surface area contributed by atoms with Gasteiger partial charge in [0.05, 0.1) is 5.69 Å². The molecular weight excluding hydrogens is 168 g/mol. The molecule has 2 rings (SSSR count). The van der Waals surface area contributed by atoms with Gasteiger partial charge in [0.25, 0.3) is 0 Å². The highest BCUT2D eigenvalue weighted by molar-refractivity contribution is 5.16. The lowest BCUT2D eigenvalue weighted by Crippen LogP contribution is -2.21. The topological polar surface area (TPSA) is 61.3 Å². The quantitative estimate of drug-likeness (QED) is 0.745. The van der Waals surface area contributed by atoms with Gasteiger partial charge in [0, 0.05) is 13.2 Å². The molecule has 1 atom stereocenters. The van der Waals surface area contributed by atoms with Crippen LogP contribution in [0, 0.1) is 0 Å². The zero-order valence-corrected chi connectivity index (χ0v) is 7.75. The lowest BCUT2D eigenvalue weighted by atomic mass is 9.98. The molecule has 2 heterocycles. The van der Waals surface area contributed by atoms with Crippen molar-refractivity contribution in [3.05, 3.63) is 17.8 Å². The van der Waals surface area contributed by atoms with Crippen LogP contribution in [0.2, 0.25) is 0 Å². The van der Waals surface area contributed by atoms with Crippen LogP contribution in [0.1, 0.15) is 31.2 Å². The first kappa shape index (κ1) is 8.72. The van der Waals surface area contributed by atoms with E-state index in [1.165, 1.54) is 6.39 Å². The molecule has 1 fully saturated rings. The summed E-state index contributed by atoms with van der Waals surface area (Å²) < 4.78 is 11.0. The van der Waals surface area contributed by atoms with Crippen molar-refractivity contribution in [1.29, 1.82) is 0 Å². The smallest absolute Gasteiger partial charge is 0.181 e. The van der Waals surface area contributed by atoms with Crippen molar-refractivity contribution < 1.29 is 9.15 Å². The summed E-state index contributed by atoms with van der Waals surface area (Å²) in [7, 11) is 0. The van der Waals surface area contributed by atoms with Gasteiger partial charge in [0.2, 0.25) is 0 Å². The molecule has 13 heavy (non-hydrogen) atoms. The van der Waals surface area contributed by atoms with Gasteiger partial charge in [-0.05, 0) is 19.8 Å². The predicted octanol–water partition coefficient (Wildman–Crippen LogP) is 1.16. The second kappa shape index (κ2) is 3.12. The van der Waals surface area contributed by atoms with Crippen LogP contribution in [-0.4, -0.2) is 11.6 Å². The number of rotatable bonds is 2. The fraction of sp³-hybridized carbons (Fsp3) is 0.667. The molecule has 2 N–H and O–H groups in total. The number of ether oxygens (including phenoxy) is 1. The Hall–Kier alpha value is -0.870. The summed E-state index contributed by atoms with van der Waals surface area (Å²) in [5.41, 5.74) is 6.05. The summed E-state index contributed by atoms with van der Waals surface area (Å²) in [6.45, 7) is 3.23. The van der Waals surface area contributed by atoms with Crippen molar-refractivity contribution in [3.63, 3.8) is 0 Å². The van der Waals surface area contributed by atoms with Crippen LogP contribution in [0.5, 0.6) is 0 Å². The molecular formula is C9H14N2O2. The van der Waals surface area contributed by atoms with Crippen molar-refractivity contribution >= 4 is 0 Å². The van der Waals surface area contributed by atoms with Crippen molar-refractivity contribution in [3.8, 4) is 0 Å². The highest BCUT2D eigenvalue weighted by Crippen LogP contribution is 2.36. The Bertz CT molecular complexity index is 290. The Labute approximate surface area is 77.1 Å². The second-order valence-electron chi connectivity index (χ2n) is 3.52. The van der Waals surface area contributed by atoms with E-state index in [9.17, 15) is 0 Å². The Balaban J connectivity index is 2.32. The minimum absolute atomic E-state index is 0.300. The highest BCUT2D eigenvalue weighted by atomic mass is 16.5. The summed E-state index contributed by atoms with van der Waals surface area (Å²) in [6.07, 6.45) is 3.49. The third-order valence-corrected chi connectivity index (χ3v) is 2.53. The molecule has 4 nitrogen and oxygen atoms in total. The van der Waals surface area contributed by atoms with Crippen LogP contribution >= 0.6 is 0 Å². The van der Waals surface area contributed by atoms with E-state index in [2.05, 4.69) is 4.98 Å². The first-order valence-corrected chi connectivity index (χ1v) is 4.53. The number of hydrogen-bond donors (Lipinski definition) is 1. The molecule has 0 radical (unpaired) electrons. The van der Waals surface area contributed by atoms with Crippen LogP contribution in [0.25, 0.3) is 0 Å². The van der Waals surface area contributed by atoms with Crippen molar-refractivity contribution in [1.82, 2.24) is 4.98 Å². The van der Waals surface area contributed by atoms with Crippen LogP contribution in [0.15, 0.2) is 10.8 Å². The van der Waals surface area contributed by atoms with Gasteiger partial charge < -0.3 is 14.9 Å². The van der Waals surface area contributed by atoms with Gasteiger partial charge >= 0.3 is 0 Å². The molecule has 0 spiro atoms. The van der Waals surface area contributed by atoms with E-state index in [1.807, 2.05) is 6.92 Å². The molecule has 0 saturated carbocycles. The maximum atomic E-state index is 5.64. The number of hydrogen-bond acceptors (Lipinski definition) is 4. The summed E-state index contributed by atoms with van der Waals surface area (Å²) in [6, 6.07) is 0. The number of aromatic nitrogens is 1. The molecule has 0 bridgehead atoms. The van der Waals surface area contributed by atoms with E-state index in [-0.39, 0.29) is 5.60 Å². The SMILES string of the molecule is CC1(c2ocnc2CN)CCCO1. The molecule has 0 amide bonds. The molecule has 1 aromatic heterocycles. The second-order valence-corrected chi connectivity index (χ2v) is 3.52. The monoisotopic (exact) mass is 182 g/mol. The maximum Gasteiger partial charge on any atom is 0.181 e. The molecule has 1 saturated heterocycles. The van der Waals surface area contributed by atoms with Gasteiger partial charge in [-0.15, -0.1) is 0 Å². The van der Waals surface area contributed by atoms with Gasteiger partial charge in [-0.1, -0.05) is 0 Å². The standard InChI is InChI=1S/C9H14N2O2/c1-9(3-2-4-13-9)8-7(5-10)11-6-12-8/h6H,2-5,10H2,1H3. The molecule has 4 heteroatoms. The van der Waals surface area contributed by atoms with Gasteiger partial charge in [-0.3, -0.25) is 0 Å². The van der Waals surface area contributed by atoms with Crippen LogP contribution in [0.4, 0.5) is 0 Å². The maximum absolute atomic E-state index is 5.64. The molecule has 0 aromatic carbocycles. The predicted molar refractivity (Wildman–Crippen MR) is 46.9 cm³/mol. The minimum Gasteiger partial charge on any atom is -0.445 e. The molecule has 1 unspecified atom stereocenters. The van der Waals surface area contributed by atoms with E-state index >= 15 is 0 Å². The van der Waals surface area contributed by atoms with Crippen LogP contribution in [-0.2, 0) is 16.9 Å². The molecule has 1 aliphatic heterocycles. The third kappa shape index (κ3) is 1.36. The summed E-state index contributed by atoms with van der Waals surface area (Å²) in [5.74, 6) is 0.799. The normalized spacial score (nSPS) is 28.2. The average molecular weight is 182 g/mol. The van der Waals surface area contributed by atoms with Crippen molar-refractivity contribution in [2.75, 3.05) is 6.61 Å². The van der Waals surface area contributed by atoms with Crippen molar-refractivity contribution in [2.24, 2.45) is 5.73 Å². The Morgan fingerprint density at radius 1 is 1.69 bits per heavy atom. The fourth-order valence-electron chi connectivity index (χ4n) is 1.80. The summed E-state index contributed by atoms with van der Waals surface area (Å²) >= 11 is 0. The minimum atomic E-state index is -0.300. The van der Waals surface area contributed by atoms with Crippen molar-refractivity contribution in [2.45, 2.75) is 31.9 Å². The third-order valence-electron chi connectivity index (χ3n) is 2.53. The van der Waals surface area contributed by atoms with Gasteiger partial charge in [0.1, 0.15) is 5.60 Å². The number of oxazole rings is 1. The number of nitrogens with zero attached hydrogens (tertiary/aromatic N) is 1. The highest BCUT2D eigenvalue weighted by Gasteiger charge is 2.37. The van der Waals surface area contributed by atoms with E-state index in [4.69, 9.17) is 14.9 Å². The van der Waals surface area contributed by atoms with Gasteiger partial charge in [-0.25, -0.2) is 4.98 Å². The lowest BCUT2D eigenvalue weighted by Gasteiger charge is -2.20. The average Bonchev–Trinajstić information content (AvgIpc) is 2.72. The Kier molecular flexibility index (Phi) is 2.09. The van der Waals surface area contributed by atoms with E-state index in [0.717, 1.165) is 30.9 Å². The zero-order valence-electron chi connectivity index (χ0n) is 7.75. The molecule has 0 aliphatic carbocycles. The van der Waals surface area contributed by atoms with Gasteiger partial charge in [-0.2, -0.15) is 0 Å². The van der Waals surface area contributed by atoms with E-state index in [1.54, 1.807) is 0 Å². The number of nitrogens with two attached hydrogens (primary N) is 1. The summed E-state index contributed by atoms with van der Waals surface area (Å²) in [4.78, 5) is 4.05.